The zero-order chi connectivity index (χ0) is 9.97. The number of halogens is 1. The van der Waals surface area contributed by atoms with E-state index in [1.54, 1.807) is 6.07 Å². The van der Waals surface area contributed by atoms with Crippen molar-refractivity contribution in [2.45, 2.75) is 25.3 Å². The largest absolute Gasteiger partial charge is 0.508 e. The van der Waals surface area contributed by atoms with Gasteiger partial charge in [0, 0.05) is 16.1 Å². The topological polar surface area (TPSA) is 32.3 Å². The lowest BCUT2D eigenvalue weighted by Gasteiger charge is -2.12. The lowest BCUT2D eigenvalue weighted by Crippen LogP contribution is -2.23. The minimum absolute atomic E-state index is 0.396. The molecule has 0 saturated carbocycles. The van der Waals surface area contributed by atoms with E-state index >= 15 is 0 Å². The molecule has 0 aliphatic carbocycles. The van der Waals surface area contributed by atoms with Crippen molar-refractivity contribution in [3.63, 3.8) is 0 Å². The molecule has 1 aliphatic heterocycles. The van der Waals surface area contributed by atoms with Gasteiger partial charge in [0.1, 0.15) is 5.75 Å². The van der Waals surface area contributed by atoms with E-state index in [0.717, 1.165) is 23.0 Å². The van der Waals surface area contributed by atoms with Crippen molar-refractivity contribution in [3.8, 4) is 5.75 Å². The Morgan fingerprint density at radius 2 is 2.36 bits per heavy atom. The molecule has 3 heteroatoms. The van der Waals surface area contributed by atoms with E-state index in [9.17, 15) is 5.11 Å². The Bertz CT molecular complexity index is 301. The van der Waals surface area contributed by atoms with Crippen LogP contribution in [0.25, 0.3) is 0 Å². The van der Waals surface area contributed by atoms with Crippen LogP contribution in [0.4, 0.5) is 0 Å². The normalized spacial score (nSPS) is 21.4. The Balaban J connectivity index is 2.14. The molecule has 2 N–H and O–H groups in total. The third-order valence-electron chi connectivity index (χ3n) is 2.71. The van der Waals surface area contributed by atoms with Gasteiger partial charge in [-0.1, -0.05) is 22.0 Å². The molecule has 0 amide bonds. The van der Waals surface area contributed by atoms with Crippen molar-refractivity contribution in [3.05, 3.63) is 28.2 Å². The van der Waals surface area contributed by atoms with Gasteiger partial charge in [0.25, 0.3) is 0 Å². The van der Waals surface area contributed by atoms with Gasteiger partial charge >= 0.3 is 0 Å². The van der Waals surface area contributed by atoms with Gasteiger partial charge in [0.05, 0.1) is 0 Å². The zero-order valence-electron chi connectivity index (χ0n) is 7.96. The van der Waals surface area contributed by atoms with Crippen LogP contribution < -0.4 is 5.32 Å². The molecule has 0 spiro atoms. The fraction of sp³-hybridized carbons (Fsp3) is 0.455. The van der Waals surface area contributed by atoms with Gasteiger partial charge in [0.2, 0.25) is 0 Å². The highest BCUT2D eigenvalue weighted by molar-refractivity contribution is 9.10. The summed E-state index contributed by atoms with van der Waals surface area (Å²) < 4.78 is 1.01. The number of phenolic OH excluding ortho intramolecular Hbond substituents is 1. The van der Waals surface area contributed by atoms with E-state index in [0.29, 0.717) is 11.8 Å². The fourth-order valence-corrected chi connectivity index (χ4v) is 2.44. The average Bonchev–Trinajstić information content (AvgIpc) is 2.64. The maximum atomic E-state index is 9.69. The van der Waals surface area contributed by atoms with Gasteiger partial charge in [-0.25, -0.2) is 0 Å². The summed E-state index contributed by atoms with van der Waals surface area (Å²) in [6, 6.07) is 6.10. The molecular formula is C11H14BrNO. The Labute approximate surface area is 92.5 Å². The number of phenols is 1. The van der Waals surface area contributed by atoms with Crippen LogP contribution in [-0.2, 0) is 6.42 Å². The van der Waals surface area contributed by atoms with Crippen LogP contribution in [0.2, 0.25) is 0 Å². The van der Waals surface area contributed by atoms with Crippen molar-refractivity contribution in [1.82, 2.24) is 5.32 Å². The summed E-state index contributed by atoms with van der Waals surface area (Å²) in [6.07, 6.45) is 3.36. The van der Waals surface area contributed by atoms with E-state index in [2.05, 4.69) is 21.2 Å². The van der Waals surface area contributed by atoms with Gasteiger partial charge in [-0.05, 0) is 37.9 Å². The minimum Gasteiger partial charge on any atom is -0.508 e. The van der Waals surface area contributed by atoms with Crippen LogP contribution in [0.3, 0.4) is 0 Å². The van der Waals surface area contributed by atoms with Crippen molar-refractivity contribution >= 4 is 15.9 Å². The van der Waals surface area contributed by atoms with E-state index in [1.807, 2.05) is 12.1 Å². The Kier molecular flexibility index (Phi) is 3.08. The van der Waals surface area contributed by atoms with E-state index in [4.69, 9.17) is 0 Å². The number of nitrogens with one attached hydrogen (secondary N) is 1. The molecule has 1 atom stereocenters. The van der Waals surface area contributed by atoms with Crippen molar-refractivity contribution in [2.75, 3.05) is 6.54 Å². The monoisotopic (exact) mass is 255 g/mol. The Morgan fingerprint density at radius 3 is 3.00 bits per heavy atom. The van der Waals surface area contributed by atoms with Gasteiger partial charge in [-0.15, -0.1) is 0 Å². The summed E-state index contributed by atoms with van der Waals surface area (Å²) >= 11 is 3.47. The molecule has 1 unspecified atom stereocenters. The molecule has 1 aromatic carbocycles. The molecule has 76 valence electrons. The lowest BCUT2D eigenvalue weighted by atomic mass is 10.0. The second-order valence-corrected chi connectivity index (χ2v) is 4.59. The molecular weight excluding hydrogens is 242 g/mol. The molecule has 0 bridgehead atoms. The summed E-state index contributed by atoms with van der Waals surface area (Å²) in [7, 11) is 0. The van der Waals surface area contributed by atoms with Gasteiger partial charge in [-0.3, -0.25) is 0 Å². The smallest absolute Gasteiger partial charge is 0.119 e. The maximum absolute atomic E-state index is 9.69. The Morgan fingerprint density at radius 1 is 1.50 bits per heavy atom. The molecule has 1 fully saturated rings. The molecule has 14 heavy (non-hydrogen) atoms. The molecule has 1 aromatic rings. The van der Waals surface area contributed by atoms with Crippen LogP contribution in [0, 0.1) is 0 Å². The summed E-state index contributed by atoms with van der Waals surface area (Å²) in [5, 5.41) is 13.1. The van der Waals surface area contributed by atoms with Gasteiger partial charge in [0.15, 0.2) is 0 Å². The van der Waals surface area contributed by atoms with E-state index < -0.39 is 0 Å². The van der Waals surface area contributed by atoms with Crippen LogP contribution in [0.5, 0.6) is 5.75 Å². The highest BCUT2D eigenvalue weighted by Gasteiger charge is 2.17. The molecule has 2 rings (SSSR count). The number of hydrogen-bond acceptors (Lipinski definition) is 2. The zero-order valence-corrected chi connectivity index (χ0v) is 9.55. The third-order valence-corrected chi connectivity index (χ3v) is 3.45. The predicted octanol–water partition coefficient (Wildman–Crippen LogP) is 2.45. The first-order chi connectivity index (χ1) is 6.77. The molecule has 1 aliphatic rings. The first kappa shape index (κ1) is 9.99. The molecule has 1 heterocycles. The van der Waals surface area contributed by atoms with Crippen molar-refractivity contribution in [2.24, 2.45) is 0 Å². The van der Waals surface area contributed by atoms with Crippen LogP contribution in [0.1, 0.15) is 18.4 Å². The SMILES string of the molecule is Oc1cccc(Br)c1CC1CCCN1. The van der Waals surface area contributed by atoms with E-state index in [1.165, 1.54) is 12.8 Å². The lowest BCUT2D eigenvalue weighted by molar-refractivity contribution is 0.461. The third kappa shape index (κ3) is 2.10. The van der Waals surface area contributed by atoms with Crippen LogP contribution >= 0.6 is 15.9 Å². The highest BCUT2D eigenvalue weighted by Crippen LogP contribution is 2.28. The van der Waals surface area contributed by atoms with Crippen LogP contribution in [0.15, 0.2) is 22.7 Å². The predicted molar refractivity (Wildman–Crippen MR) is 60.5 cm³/mol. The summed E-state index contributed by atoms with van der Waals surface area (Å²) in [4.78, 5) is 0. The standard InChI is InChI=1S/C11H14BrNO/c12-10-4-1-5-11(14)9(10)7-8-3-2-6-13-8/h1,4-5,8,13-14H,2-3,6-7H2. The summed E-state index contributed by atoms with van der Waals surface area (Å²) in [5.74, 6) is 0.396. The van der Waals surface area contributed by atoms with Gasteiger partial charge < -0.3 is 10.4 Å². The quantitative estimate of drug-likeness (QED) is 0.851. The minimum atomic E-state index is 0.396. The summed E-state index contributed by atoms with van der Waals surface area (Å²) in [5.41, 5.74) is 1.02. The van der Waals surface area contributed by atoms with E-state index in [-0.39, 0.29) is 0 Å². The molecule has 0 radical (unpaired) electrons. The van der Waals surface area contributed by atoms with Crippen molar-refractivity contribution in [1.29, 1.82) is 0 Å². The number of rotatable bonds is 2. The maximum Gasteiger partial charge on any atom is 0.119 e. The fourth-order valence-electron chi connectivity index (χ4n) is 1.93. The van der Waals surface area contributed by atoms with Gasteiger partial charge in [-0.2, -0.15) is 0 Å². The first-order valence-corrected chi connectivity index (χ1v) is 5.76. The number of hydrogen-bond donors (Lipinski definition) is 2. The summed E-state index contributed by atoms with van der Waals surface area (Å²) in [6.45, 7) is 1.11. The average molecular weight is 256 g/mol. The first-order valence-electron chi connectivity index (χ1n) is 4.97. The van der Waals surface area contributed by atoms with Crippen LogP contribution in [-0.4, -0.2) is 17.7 Å². The number of aromatic hydroxyl groups is 1. The Hall–Kier alpha value is -0.540. The second kappa shape index (κ2) is 4.32. The molecule has 1 saturated heterocycles. The molecule has 2 nitrogen and oxygen atoms in total. The molecule has 0 aromatic heterocycles. The van der Waals surface area contributed by atoms with Crippen molar-refractivity contribution < 1.29 is 5.11 Å². The number of benzene rings is 1. The highest BCUT2D eigenvalue weighted by atomic mass is 79.9. The second-order valence-electron chi connectivity index (χ2n) is 3.73.